The average molecular weight is 571 g/mol. The molecular formula is C28H38N6O7. The number of hydrogen-bond acceptors (Lipinski definition) is 8. The monoisotopic (exact) mass is 570 g/mol. The molecule has 0 aliphatic heterocycles. The molecule has 0 unspecified atom stereocenters. The number of carbonyl (C=O) groups is 5. The Morgan fingerprint density at radius 2 is 1.00 bits per heavy atom. The highest BCUT2D eigenvalue weighted by atomic mass is 16.6. The Hall–Kier alpha value is -4.65. The van der Waals surface area contributed by atoms with Crippen molar-refractivity contribution < 1.29 is 33.4 Å². The number of ether oxygens (including phenoxy) is 2. The van der Waals surface area contributed by atoms with Crippen LogP contribution in [0, 0.1) is 0 Å². The van der Waals surface area contributed by atoms with E-state index >= 15 is 0 Å². The zero-order chi connectivity index (χ0) is 30.8. The summed E-state index contributed by atoms with van der Waals surface area (Å²) in [6.45, 7) is 9.71. The van der Waals surface area contributed by atoms with Gasteiger partial charge < -0.3 is 30.7 Å². The summed E-state index contributed by atoms with van der Waals surface area (Å²) in [4.78, 5) is 62.5. The molecule has 222 valence electrons. The van der Waals surface area contributed by atoms with Crippen molar-refractivity contribution in [2.75, 3.05) is 30.5 Å². The Kier molecular flexibility index (Phi) is 11.2. The van der Waals surface area contributed by atoms with Crippen LogP contribution < -0.4 is 27.0 Å². The van der Waals surface area contributed by atoms with Crippen molar-refractivity contribution in [2.45, 2.75) is 52.7 Å². The van der Waals surface area contributed by atoms with Crippen molar-refractivity contribution >= 4 is 41.3 Å². The Balaban J connectivity index is 1.90. The summed E-state index contributed by atoms with van der Waals surface area (Å²) in [5.74, 6) is -1.47. The lowest BCUT2D eigenvalue weighted by Crippen LogP contribution is -2.49. The molecule has 0 radical (unpaired) electrons. The fourth-order valence-electron chi connectivity index (χ4n) is 3.15. The van der Waals surface area contributed by atoms with Gasteiger partial charge in [-0.1, -0.05) is 0 Å². The van der Waals surface area contributed by atoms with Crippen LogP contribution in [0.3, 0.4) is 0 Å². The number of nitrogens with two attached hydrogens (primary N) is 1. The topological polar surface area (TPSA) is 181 Å². The van der Waals surface area contributed by atoms with Crippen molar-refractivity contribution in [1.82, 2.24) is 15.5 Å². The second-order valence-electron chi connectivity index (χ2n) is 10.9. The van der Waals surface area contributed by atoms with Crippen LogP contribution in [-0.2, 0) is 14.3 Å². The molecule has 2 aromatic carbocycles. The summed E-state index contributed by atoms with van der Waals surface area (Å²) < 4.78 is 10.4. The van der Waals surface area contributed by atoms with Crippen LogP contribution in [0.4, 0.5) is 21.0 Å². The maximum absolute atomic E-state index is 12.6. The van der Waals surface area contributed by atoms with E-state index < -0.39 is 41.1 Å². The van der Waals surface area contributed by atoms with Crippen LogP contribution in [0.2, 0.25) is 0 Å². The number of nitrogens with one attached hydrogen (secondary N) is 4. The molecule has 0 heterocycles. The Morgan fingerprint density at radius 3 is 1.29 bits per heavy atom. The SMILES string of the molecule is CC(C)(C)OC(=O)Nc1ccc(C(=O)NCN(CNC(=O)c2ccc(NC(=O)OC(C)(C)C)cc2)C(=O)CN)cc1. The quantitative estimate of drug-likeness (QED) is 0.285. The third kappa shape index (κ3) is 12.0. The number of amides is 5. The van der Waals surface area contributed by atoms with Gasteiger partial charge in [0.05, 0.1) is 19.9 Å². The van der Waals surface area contributed by atoms with Crippen LogP contribution >= 0.6 is 0 Å². The Morgan fingerprint density at radius 1 is 0.659 bits per heavy atom. The molecule has 5 amide bonds. The van der Waals surface area contributed by atoms with Gasteiger partial charge in [0, 0.05) is 22.5 Å². The van der Waals surface area contributed by atoms with Crippen LogP contribution in [-0.4, -0.2) is 65.9 Å². The van der Waals surface area contributed by atoms with E-state index in [2.05, 4.69) is 21.3 Å². The van der Waals surface area contributed by atoms with Crippen LogP contribution in [0.5, 0.6) is 0 Å². The lowest BCUT2D eigenvalue weighted by molar-refractivity contribution is -0.130. The maximum Gasteiger partial charge on any atom is 0.412 e. The van der Waals surface area contributed by atoms with Gasteiger partial charge in [-0.15, -0.1) is 0 Å². The number of benzene rings is 2. The largest absolute Gasteiger partial charge is 0.444 e. The second-order valence-corrected chi connectivity index (χ2v) is 10.9. The molecule has 0 atom stereocenters. The molecule has 2 rings (SSSR count). The minimum atomic E-state index is -0.651. The molecule has 2 aromatic rings. The van der Waals surface area contributed by atoms with Gasteiger partial charge in [-0.25, -0.2) is 9.59 Å². The van der Waals surface area contributed by atoms with E-state index in [0.29, 0.717) is 11.4 Å². The van der Waals surface area contributed by atoms with Crippen molar-refractivity contribution in [2.24, 2.45) is 5.73 Å². The molecule has 0 aromatic heterocycles. The highest BCUT2D eigenvalue weighted by Crippen LogP contribution is 2.14. The third-order valence-electron chi connectivity index (χ3n) is 4.97. The van der Waals surface area contributed by atoms with E-state index in [9.17, 15) is 24.0 Å². The summed E-state index contributed by atoms with van der Waals surface area (Å²) >= 11 is 0. The second kappa shape index (κ2) is 14.1. The van der Waals surface area contributed by atoms with E-state index in [0.717, 1.165) is 0 Å². The number of rotatable bonds is 9. The minimum Gasteiger partial charge on any atom is -0.444 e. The first-order chi connectivity index (χ1) is 19.1. The summed E-state index contributed by atoms with van der Waals surface area (Å²) in [6.07, 6.45) is -1.25. The van der Waals surface area contributed by atoms with Crippen molar-refractivity contribution in [3.63, 3.8) is 0 Å². The van der Waals surface area contributed by atoms with Crippen LogP contribution in [0.15, 0.2) is 48.5 Å². The first-order valence-electron chi connectivity index (χ1n) is 12.8. The summed E-state index contributed by atoms with van der Waals surface area (Å²) in [5.41, 5.74) is 5.63. The van der Waals surface area contributed by atoms with Gasteiger partial charge in [-0.3, -0.25) is 25.0 Å². The van der Waals surface area contributed by atoms with E-state index in [1.54, 1.807) is 41.5 Å². The normalized spacial score (nSPS) is 11.1. The number of anilines is 2. The molecule has 0 spiro atoms. The standard InChI is InChI=1S/C28H38N6O7/c1-27(2,3)40-25(38)32-20-11-7-18(8-12-20)23(36)30-16-34(22(35)15-29)17-31-24(37)19-9-13-21(14-10-19)33-26(39)41-28(4,5)6/h7-14H,15-17,29H2,1-6H3,(H,30,36)(H,31,37)(H,32,38)(H,33,39). The molecule has 13 heteroatoms. The van der Waals surface area contributed by atoms with Gasteiger partial charge in [-0.2, -0.15) is 0 Å². The molecule has 6 N–H and O–H groups in total. The van der Waals surface area contributed by atoms with Gasteiger partial charge in [0.15, 0.2) is 0 Å². The van der Waals surface area contributed by atoms with Gasteiger partial charge >= 0.3 is 12.2 Å². The molecule has 0 saturated carbocycles. The highest BCUT2D eigenvalue weighted by Gasteiger charge is 2.19. The first kappa shape index (κ1) is 32.6. The molecule has 0 aliphatic carbocycles. The predicted molar refractivity (Wildman–Crippen MR) is 153 cm³/mol. The number of nitrogens with zero attached hydrogens (tertiary/aromatic N) is 1. The Labute approximate surface area is 239 Å². The van der Waals surface area contributed by atoms with Gasteiger partial charge in [-0.05, 0) is 90.1 Å². The fraction of sp³-hybridized carbons (Fsp3) is 0.393. The zero-order valence-electron chi connectivity index (χ0n) is 24.1. The van der Waals surface area contributed by atoms with Gasteiger partial charge in [0.1, 0.15) is 11.2 Å². The average Bonchev–Trinajstić information content (AvgIpc) is 2.86. The Bertz CT molecular complexity index is 1140. The summed E-state index contributed by atoms with van der Waals surface area (Å²) in [5, 5.41) is 10.4. The third-order valence-corrected chi connectivity index (χ3v) is 4.97. The molecule has 0 fully saturated rings. The predicted octanol–water partition coefficient (Wildman–Crippen LogP) is 3.24. The zero-order valence-corrected chi connectivity index (χ0v) is 24.1. The molecule has 0 saturated heterocycles. The van der Waals surface area contributed by atoms with E-state index in [-0.39, 0.29) is 31.0 Å². The highest BCUT2D eigenvalue weighted by molar-refractivity contribution is 5.96. The first-order valence-corrected chi connectivity index (χ1v) is 12.8. The molecule has 0 aliphatic rings. The molecule has 13 nitrogen and oxygen atoms in total. The van der Waals surface area contributed by atoms with E-state index in [4.69, 9.17) is 15.2 Å². The number of carbonyl (C=O) groups excluding carboxylic acids is 5. The molecule has 41 heavy (non-hydrogen) atoms. The summed E-state index contributed by atoms with van der Waals surface area (Å²) in [7, 11) is 0. The number of hydrogen-bond donors (Lipinski definition) is 5. The minimum absolute atomic E-state index is 0.216. The lowest BCUT2D eigenvalue weighted by atomic mass is 10.2. The van der Waals surface area contributed by atoms with Crippen LogP contribution in [0.1, 0.15) is 62.3 Å². The van der Waals surface area contributed by atoms with Crippen molar-refractivity contribution in [3.05, 3.63) is 59.7 Å². The van der Waals surface area contributed by atoms with Crippen molar-refractivity contribution in [3.8, 4) is 0 Å². The fourth-order valence-corrected chi connectivity index (χ4v) is 3.15. The molecular weight excluding hydrogens is 532 g/mol. The van der Waals surface area contributed by atoms with Crippen molar-refractivity contribution in [1.29, 1.82) is 0 Å². The smallest absolute Gasteiger partial charge is 0.412 e. The molecule has 0 bridgehead atoms. The van der Waals surface area contributed by atoms with E-state index in [1.165, 1.54) is 53.4 Å². The lowest BCUT2D eigenvalue weighted by Gasteiger charge is -2.23. The maximum atomic E-state index is 12.6. The van der Waals surface area contributed by atoms with E-state index in [1.807, 2.05) is 0 Å². The van der Waals surface area contributed by atoms with Crippen LogP contribution in [0.25, 0.3) is 0 Å². The van der Waals surface area contributed by atoms with Gasteiger partial charge in [0.25, 0.3) is 11.8 Å². The summed E-state index contributed by atoms with van der Waals surface area (Å²) in [6, 6.07) is 12.2. The van der Waals surface area contributed by atoms with Gasteiger partial charge in [0.2, 0.25) is 5.91 Å².